The number of amides is 1. The van der Waals surface area contributed by atoms with Gasteiger partial charge >= 0.3 is 0 Å². The molecule has 1 amide bonds. The van der Waals surface area contributed by atoms with Gasteiger partial charge in [-0.1, -0.05) is 5.16 Å². The van der Waals surface area contributed by atoms with Crippen molar-refractivity contribution >= 4 is 17.7 Å². The van der Waals surface area contributed by atoms with Gasteiger partial charge in [0.25, 0.3) is 11.8 Å². The van der Waals surface area contributed by atoms with Crippen molar-refractivity contribution < 1.29 is 32.3 Å². The SMILES string of the molecule is O=C(NCC12CCC(c3noc(-c4cc(N5CCOCC5)nc(N5CCNCC5)n4)n3)(CC1)CC2)c1cc(F)c(O)c(F)c1F. The van der Waals surface area contributed by atoms with Gasteiger partial charge in [-0.25, -0.2) is 13.8 Å². The molecule has 5 aliphatic rings. The van der Waals surface area contributed by atoms with E-state index in [9.17, 15) is 23.1 Å². The summed E-state index contributed by atoms with van der Waals surface area (Å²) in [6, 6.07) is 2.41. The average molecular weight is 629 g/mol. The van der Waals surface area contributed by atoms with E-state index in [0.717, 1.165) is 83.6 Å². The molecule has 2 saturated heterocycles. The number of carbonyl (C=O) groups excluding carboxylic acids is 1. The maximum Gasteiger partial charge on any atom is 0.276 e. The van der Waals surface area contributed by atoms with Gasteiger partial charge in [-0.05, 0) is 50.0 Å². The smallest absolute Gasteiger partial charge is 0.276 e. The van der Waals surface area contributed by atoms with Gasteiger partial charge in [0, 0.05) is 57.3 Å². The van der Waals surface area contributed by atoms with Crippen molar-refractivity contribution in [3.8, 4) is 17.3 Å². The van der Waals surface area contributed by atoms with Crippen molar-refractivity contribution in [1.82, 2.24) is 30.7 Å². The summed E-state index contributed by atoms with van der Waals surface area (Å²) in [6.45, 7) is 6.26. The Morgan fingerprint density at radius 2 is 1.64 bits per heavy atom. The van der Waals surface area contributed by atoms with E-state index in [0.29, 0.717) is 42.6 Å². The minimum absolute atomic E-state index is 0.230. The van der Waals surface area contributed by atoms with Gasteiger partial charge in [-0.15, -0.1) is 0 Å². The molecule has 2 bridgehead atoms. The third-order valence-electron chi connectivity index (χ3n) is 9.96. The van der Waals surface area contributed by atoms with Gasteiger partial charge in [0.15, 0.2) is 23.2 Å². The third-order valence-corrected chi connectivity index (χ3v) is 9.96. The number of aromatic hydroxyl groups is 1. The highest BCUT2D eigenvalue weighted by atomic mass is 19.2. The lowest BCUT2D eigenvalue weighted by Crippen LogP contribution is -2.49. The van der Waals surface area contributed by atoms with Gasteiger partial charge in [0.2, 0.25) is 11.8 Å². The molecule has 240 valence electrons. The number of morpholine rings is 1. The van der Waals surface area contributed by atoms with Crippen LogP contribution in [-0.4, -0.2) is 90.1 Å². The summed E-state index contributed by atoms with van der Waals surface area (Å²) in [6.07, 6.45) is 4.60. The highest BCUT2D eigenvalue weighted by Crippen LogP contribution is 2.57. The molecule has 0 radical (unpaired) electrons. The normalized spacial score (nSPS) is 25.0. The second kappa shape index (κ2) is 11.7. The molecular formula is C30H35F3N8O4. The highest BCUT2D eigenvalue weighted by molar-refractivity contribution is 5.94. The molecule has 15 heteroatoms. The van der Waals surface area contributed by atoms with Crippen molar-refractivity contribution in [2.75, 3.05) is 68.8 Å². The number of rotatable bonds is 7. The number of ether oxygens (including phenoxy) is 1. The summed E-state index contributed by atoms with van der Waals surface area (Å²) in [7, 11) is 0. The molecule has 2 aromatic heterocycles. The average Bonchev–Trinajstić information content (AvgIpc) is 3.61. The van der Waals surface area contributed by atoms with Crippen LogP contribution in [0.25, 0.3) is 11.6 Å². The fourth-order valence-electron chi connectivity index (χ4n) is 7.01. The Morgan fingerprint density at radius 1 is 0.933 bits per heavy atom. The molecular weight excluding hydrogens is 593 g/mol. The molecule has 3 aromatic rings. The first kappa shape index (κ1) is 29.7. The van der Waals surface area contributed by atoms with Crippen LogP contribution < -0.4 is 20.4 Å². The number of phenolic OH excluding ortho intramolecular Hbond substituents is 1. The second-order valence-electron chi connectivity index (χ2n) is 12.5. The largest absolute Gasteiger partial charge is 0.503 e. The predicted molar refractivity (Wildman–Crippen MR) is 156 cm³/mol. The lowest BCUT2D eigenvalue weighted by molar-refractivity contribution is 0.0334. The van der Waals surface area contributed by atoms with Crippen LogP contribution in [0.2, 0.25) is 0 Å². The summed E-state index contributed by atoms with van der Waals surface area (Å²) in [5.41, 5.74) is -0.703. The zero-order valence-electron chi connectivity index (χ0n) is 24.8. The highest BCUT2D eigenvalue weighted by Gasteiger charge is 2.51. The molecule has 0 spiro atoms. The van der Waals surface area contributed by atoms with E-state index < -0.39 is 34.7 Å². The van der Waals surface area contributed by atoms with Gasteiger partial charge in [0.05, 0.1) is 18.8 Å². The monoisotopic (exact) mass is 628 g/mol. The molecule has 3 aliphatic carbocycles. The molecule has 3 N–H and O–H groups in total. The van der Waals surface area contributed by atoms with E-state index in [1.54, 1.807) is 0 Å². The molecule has 1 aromatic carbocycles. The van der Waals surface area contributed by atoms with Gasteiger partial charge in [-0.3, -0.25) is 4.79 Å². The number of anilines is 2. The fourth-order valence-corrected chi connectivity index (χ4v) is 7.01. The first-order valence-electron chi connectivity index (χ1n) is 15.4. The maximum absolute atomic E-state index is 14.2. The third kappa shape index (κ3) is 5.56. The number of nitrogens with zero attached hydrogens (tertiary/aromatic N) is 6. The van der Waals surface area contributed by atoms with Crippen molar-refractivity contribution in [2.45, 2.75) is 43.9 Å². The summed E-state index contributed by atoms with van der Waals surface area (Å²) in [5.74, 6) is -4.70. The molecule has 0 atom stereocenters. The summed E-state index contributed by atoms with van der Waals surface area (Å²) >= 11 is 0. The number of hydrogen-bond acceptors (Lipinski definition) is 11. The van der Waals surface area contributed by atoms with Crippen molar-refractivity contribution in [3.63, 3.8) is 0 Å². The van der Waals surface area contributed by atoms with Crippen LogP contribution in [0.4, 0.5) is 24.9 Å². The van der Waals surface area contributed by atoms with Gasteiger partial charge in [-0.2, -0.15) is 14.4 Å². The number of piperazine rings is 1. The van der Waals surface area contributed by atoms with E-state index in [2.05, 4.69) is 25.6 Å². The summed E-state index contributed by atoms with van der Waals surface area (Å²) in [5, 5.41) is 19.7. The Morgan fingerprint density at radius 3 is 2.36 bits per heavy atom. The Kier molecular flexibility index (Phi) is 7.76. The van der Waals surface area contributed by atoms with Crippen LogP contribution >= 0.6 is 0 Å². The molecule has 4 heterocycles. The number of benzene rings is 1. The van der Waals surface area contributed by atoms with E-state index in [1.807, 2.05) is 6.07 Å². The Balaban J connectivity index is 1.06. The van der Waals surface area contributed by atoms with E-state index in [-0.39, 0.29) is 17.4 Å². The van der Waals surface area contributed by atoms with Crippen LogP contribution in [0.5, 0.6) is 5.75 Å². The van der Waals surface area contributed by atoms with Crippen molar-refractivity contribution in [3.05, 3.63) is 41.0 Å². The molecule has 45 heavy (non-hydrogen) atoms. The lowest BCUT2D eigenvalue weighted by atomic mass is 9.53. The quantitative estimate of drug-likeness (QED) is 0.333. The lowest BCUT2D eigenvalue weighted by Gasteiger charge is -2.52. The number of halogens is 3. The Hall–Kier alpha value is -3.98. The molecule has 12 nitrogen and oxygen atoms in total. The molecule has 2 aliphatic heterocycles. The molecule has 5 fully saturated rings. The number of hydrogen-bond donors (Lipinski definition) is 3. The zero-order valence-corrected chi connectivity index (χ0v) is 24.8. The molecule has 0 unspecified atom stereocenters. The van der Waals surface area contributed by atoms with Crippen molar-refractivity contribution in [1.29, 1.82) is 0 Å². The number of fused-ring (bicyclic) bond motifs is 3. The Labute approximate surface area is 257 Å². The van der Waals surface area contributed by atoms with Crippen LogP contribution in [0, 0.1) is 22.9 Å². The van der Waals surface area contributed by atoms with Crippen LogP contribution in [-0.2, 0) is 10.2 Å². The predicted octanol–water partition coefficient (Wildman–Crippen LogP) is 2.92. The Bertz CT molecular complexity index is 1530. The van der Waals surface area contributed by atoms with Gasteiger partial charge in [0.1, 0.15) is 11.5 Å². The van der Waals surface area contributed by atoms with Gasteiger partial charge < -0.3 is 34.8 Å². The maximum atomic E-state index is 14.2. The van der Waals surface area contributed by atoms with E-state index >= 15 is 0 Å². The molecule has 3 saturated carbocycles. The standard InChI is InChI=1S/C30H35F3N8O4/c31-19-15-18(22(32)23(33)24(19)42)25(43)35-17-29-1-4-30(5-2-29,6-3-29)27-38-26(45-39-27)20-16-21(40-11-13-44-14-12-40)37-28(36-20)41-9-7-34-8-10-41/h15-16,34,42H,1-14,17H2,(H,35,43). The minimum atomic E-state index is -1.78. The summed E-state index contributed by atoms with van der Waals surface area (Å²) < 4.78 is 53.2. The van der Waals surface area contributed by atoms with Crippen LogP contribution in [0.15, 0.2) is 16.7 Å². The zero-order chi connectivity index (χ0) is 31.2. The molecule has 8 rings (SSSR count). The van der Waals surface area contributed by atoms with Crippen LogP contribution in [0.3, 0.4) is 0 Å². The first-order chi connectivity index (χ1) is 21.8. The first-order valence-corrected chi connectivity index (χ1v) is 15.4. The van der Waals surface area contributed by atoms with Crippen molar-refractivity contribution in [2.24, 2.45) is 5.41 Å². The topological polar surface area (TPSA) is 142 Å². The number of carbonyl (C=O) groups is 1. The summed E-state index contributed by atoms with van der Waals surface area (Å²) in [4.78, 5) is 31.6. The van der Waals surface area contributed by atoms with E-state index in [1.165, 1.54) is 0 Å². The minimum Gasteiger partial charge on any atom is -0.503 e. The fraction of sp³-hybridized carbons (Fsp3) is 0.567. The van der Waals surface area contributed by atoms with Crippen LogP contribution in [0.1, 0.15) is 54.7 Å². The number of nitrogens with one attached hydrogen (secondary N) is 2. The number of aromatic nitrogens is 4. The van der Waals surface area contributed by atoms with E-state index in [4.69, 9.17) is 24.2 Å². The second-order valence-corrected chi connectivity index (χ2v) is 12.5. The number of phenols is 1.